The van der Waals surface area contributed by atoms with E-state index in [0.717, 1.165) is 61.9 Å². The minimum atomic E-state index is -0.824. The summed E-state index contributed by atoms with van der Waals surface area (Å²) in [5.41, 5.74) is 2.54. The van der Waals surface area contributed by atoms with Gasteiger partial charge in [0.05, 0.1) is 6.42 Å². The number of aromatic nitrogens is 2. The van der Waals surface area contributed by atoms with Gasteiger partial charge in [0.1, 0.15) is 0 Å². The standard InChI is InChI=1S/C15H24N4O2/c1-4-12-11(10-14(20)21)13(5-2)17-15(16-12)19-8-6-18(3)7-9-19/h4-10H2,1-3H3,(H,20,21). The van der Waals surface area contributed by atoms with E-state index in [1.165, 1.54) is 0 Å². The van der Waals surface area contributed by atoms with Crippen LogP contribution in [-0.4, -0.2) is 59.2 Å². The lowest BCUT2D eigenvalue weighted by Crippen LogP contribution is -2.45. The molecule has 0 bridgehead atoms. The predicted molar refractivity (Wildman–Crippen MR) is 81.8 cm³/mol. The molecule has 1 saturated heterocycles. The Bertz CT molecular complexity index is 485. The predicted octanol–water partition coefficient (Wildman–Crippen LogP) is 0.980. The summed E-state index contributed by atoms with van der Waals surface area (Å²) in [6.45, 7) is 7.87. The molecule has 6 nitrogen and oxygen atoms in total. The number of anilines is 1. The molecule has 2 heterocycles. The van der Waals surface area contributed by atoms with Crippen molar-refractivity contribution in [1.82, 2.24) is 14.9 Å². The maximum absolute atomic E-state index is 11.1. The van der Waals surface area contributed by atoms with Gasteiger partial charge in [0.2, 0.25) is 5.95 Å². The van der Waals surface area contributed by atoms with Gasteiger partial charge in [-0.05, 0) is 19.9 Å². The molecule has 0 aromatic carbocycles. The number of carboxylic acid groups (broad SMARTS) is 1. The number of piperazine rings is 1. The molecule has 0 unspecified atom stereocenters. The molecule has 6 heteroatoms. The summed E-state index contributed by atoms with van der Waals surface area (Å²) < 4.78 is 0. The lowest BCUT2D eigenvalue weighted by Gasteiger charge is -2.33. The summed E-state index contributed by atoms with van der Waals surface area (Å²) in [6.07, 6.45) is 1.48. The lowest BCUT2D eigenvalue weighted by molar-refractivity contribution is -0.136. The van der Waals surface area contributed by atoms with Crippen molar-refractivity contribution in [3.8, 4) is 0 Å². The number of nitrogens with zero attached hydrogens (tertiary/aromatic N) is 4. The third kappa shape index (κ3) is 3.69. The Balaban J connectivity index is 2.33. The Morgan fingerprint density at radius 3 is 2.05 bits per heavy atom. The average Bonchev–Trinajstić information content (AvgIpc) is 2.47. The smallest absolute Gasteiger partial charge is 0.307 e. The van der Waals surface area contributed by atoms with Crippen molar-refractivity contribution in [1.29, 1.82) is 0 Å². The quantitative estimate of drug-likeness (QED) is 0.872. The zero-order chi connectivity index (χ0) is 15.4. The molecule has 1 fully saturated rings. The molecule has 1 aliphatic heterocycles. The number of hydrogen-bond donors (Lipinski definition) is 1. The van der Waals surface area contributed by atoms with Gasteiger partial charge < -0.3 is 14.9 Å². The third-order valence-corrected chi connectivity index (χ3v) is 3.95. The summed E-state index contributed by atoms with van der Waals surface area (Å²) in [7, 11) is 2.11. The highest BCUT2D eigenvalue weighted by Gasteiger charge is 2.20. The molecule has 0 atom stereocenters. The van der Waals surface area contributed by atoms with Crippen molar-refractivity contribution in [3.63, 3.8) is 0 Å². The van der Waals surface area contributed by atoms with Gasteiger partial charge in [-0.25, -0.2) is 9.97 Å². The van der Waals surface area contributed by atoms with Crippen LogP contribution in [0.3, 0.4) is 0 Å². The number of carbonyl (C=O) groups is 1. The first-order valence-electron chi connectivity index (χ1n) is 7.59. The van der Waals surface area contributed by atoms with Gasteiger partial charge in [0, 0.05) is 43.1 Å². The molecule has 1 aliphatic rings. The topological polar surface area (TPSA) is 69.6 Å². The van der Waals surface area contributed by atoms with Gasteiger partial charge in [0.15, 0.2) is 0 Å². The molecule has 0 aliphatic carbocycles. The Hall–Kier alpha value is -1.69. The van der Waals surface area contributed by atoms with Gasteiger partial charge >= 0.3 is 5.97 Å². The van der Waals surface area contributed by atoms with E-state index in [9.17, 15) is 4.79 Å². The first-order valence-corrected chi connectivity index (χ1v) is 7.59. The third-order valence-electron chi connectivity index (χ3n) is 3.95. The second-order valence-corrected chi connectivity index (χ2v) is 5.46. The minimum absolute atomic E-state index is 0.00929. The fourth-order valence-corrected chi connectivity index (χ4v) is 2.66. The van der Waals surface area contributed by atoms with E-state index in [2.05, 4.69) is 26.8 Å². The van der Waals surface area contributed by atoms with Crippen LogP contribution in [0, 0.1) is 0 Å². The number of aryl methyl sites for hydroxylation is 2. The Morgan fingerprint density at radius 2 is 1.62 bits per heavy atom. The summed E-state index contributed by atoms with van der Waals surface area (Å²) in [4.78, 5) is 24.8. The first-order chi connectivity index (χ1) is 10.0. The van der Waals surface area contributed by atoms with Crippen LogP contribution in [0.15, 0.2) is 0 Å². The average molecular weight is 292 g/mol. The lowest BCUT2D eigenvalue weighted by atomic mass is 10.0. The summed E-state index contributed by atoms with van der Waals surface area (Å²) in [5, 5.41) is 9.08. The maximum Gasteiger partial charge on any atom is 0.307 e. The second-order valence-electron chi connectivity index (χ2n) is 5.46. The number of hydrogen-bond acceptors (Lipinski definition) is 5. The van der Waals surface area contributed by atoms with Gasteiger partial charge in [-0.15, -0.1) is 0 Å². The fourth-order valence-electron chi connectivity index (χ4n) is 2.66. The Labute approximate surface area is 125 Å². The first kappa shape index (κ1) is 15.7. The molecule has 2 rings (SSSR count). The fraction of sp³-hybridized carbons (Fsp3) is 0.667. The van der Waals surface area contributed by atoms with E-state index in [1.807, 2.05) is 13.8 Å². The molecule has 21 heavy (non-hydrogen) atoms. The molecule has 0 radical (unpaired) electrons. The number of likely N-dealkylation sites (N-methyl/N-ethyl adjacent to an activating group) is 1. The van der Waals surface area contributed by atoms with Crippen LogP contribution in [0.2, 0.25) is 0 Å². The zero-order valence-electron chi connectivity index (χ0n) is 13.1. The van der Waals surface area contributed by atoms with Crippen molar-refractivity contribution in [2.45, 2.75) is 33.1 Å². The monoisotopic (exact) mass is 292 g/mol. The highest BCUT2D eigenvalue weighted by molar-refractivity contribution is 5.71. The summed E-state index contributed by atoms with van der Waals surface area (Å²) in [6, 6.07) is 0. The van der Waals surface area contributed by atoms with Crippen LogP contribution in [0.5, 0.6) is 0 Å². The van der Waals surface area contributed by atoms with Gasteiger partial charge in [-0.1, -0.05) is 13.8 Å². The molecule has 1 aromatic rings. The van der Waals surface area contributed by atoms with Crippen LogP contribution in [0.1, 0.15) is 30.8 Å². The van der Waals surface area contributed by atoms with E-state index < -0.39 is 5.97 Å². The maximum atomic E-state index is 11.1. The van der Waals surface area contributed by atoms with Gasteiger partial charge in [0.25, 0.3) is 0 Å². The zero-order valence-corrected chi connectivity index (χ0v) is 13.1. The highest BCUT2D eigenvalue weighted by atomic mass is 16.4. The highest BCUT2D eigenvalue weighted by Crippen LogP contribution is 2.19. The van der Waals surface area contributed by atoms with E-state index in [0.29, 0.717) is 0 Å². The van der Waals surface area contributed by atoms with Gasteiger partial charge in [-0.3, -0.25) is 4.79 Å². The number of rotatable bonds is 5. The molecule has 0 amide bonds. The van der Waals surface area contributed by atoms with Crippen molar-refractivity contribution in [2.75, 3.05) is 38.1 Å². The van der Waals surface area contributed by atoms with Crippen LogP contribution in [0.25, 0.3) is 0 Å². The van der Waals surface area contributed by atoms with Crippen LogP contribution < -0.4 is 4.90 Å². The van der Waals surface area contributed by atoms with Crippen LogP contribution >= 0.6 is 0 Å². The minimum Gasteiger partial charge on any atom is -0.481 e. The molecule has 116 valence electrons. The number of aliphatic carboxylic acids is 1. The normalized spacial score (nSPS) is 16.2. The molecular weight excluding hydrogens is 268 g/mol. The molecule has 0 spiro atoms. The van der Waals surface area contributed by atoms with E-state index in [1.54, 1.807) is 0 Å². The molecule has 1 aromatic heterocycles. The Kier molecular flexibility index (Phi) is 5.12. The summed E-state index contributed by atoms with van der Waals surface area (Å²) >= 11 is 0. The van der Waals surface area contributed by atoms with E-state index >= 15 is 0 Å². The van der Waals surface area contributed by atoms with Crippen molar-refractivity contribution >= 4 is 11.9 Å². The van der Waals surface area contributed by atoms with Crippen LogP contribution in [-0.2, 0) is 24.1 Å². The SMILES string of the molecule is CCc1nc(N2CCN(C)CC2)nc(CC)c1CC(=O)O. The summed E-state index contributed by atoms with van der Waals surface area (Å²) in [5.74, 6) is -0.0683. The van der Waals surface area contributed by atoms with Crippen LogP contribution in [0.4, 0.5) is 5.95 Å². The Morgan fingerprint density at radius 1 is 1.10 bits per heavy atom. The van der Waals surface area contributed by atoms with Crippen molar-refractivity contribution in [2.24, 2.45) is 0 Å². The van der Waals surface area contributed by atoms with E-state index in [4.69, 9.17) is 5.11 Å². The van der Waals surface area contributed by atoms with Gasteiger partial charge in [-0.2, -0.15) is 0 Å². The van der Waals surface area contributed by atoms with E-state index in [-0.39, 0.29) is 6.42 Å². The second kappa shape index (κ2) is 6.85. The van der Waals surface area contributed by atoms with Crippen molar-refractivity contribution < 1.29 is 9.90 Å². The number of carboxylic acids is 1. The largest absolute Gasteiger partial charge is 0.481 e. The molecule has 1 N–H and O–H groups in total. The molecule has 0 saturated carbocycles. The van der Waals surface area contributed by atoms with Crippen molar-refractivity contribution in [3.05, 3.63) is 17.0 Å². The molecular formula is C15H24N4O2.